The highest BCUT2D eigenvalue weighted by Crippen LogP contribution is 2.22. The van der Waals surface area contributed by atoms with Gasteiger partial charge >= 0.3 is 0 Å². The van der Waals surface area contributed by atoms with Gasteiger partial charge in [-0.15, -0.1) is 0 Å². The molecule has 5 heteroatoms. The average molecular weight is 369 g/mol. The molecule has 0 bridgehead atoms. The number of rotatable bonds is 5. The highest BCUT2D eigenvalue weighted by molar-refractivity contribution is 5.77. The predicted molar refractivity (Wildman–Crippen MR) is 109 cm³/mol. The molecular weight excluding hydrogens is 341 g/mol. The van der Waals surface area contributed by atoms with Crippen molar-refractivity contribution in [2.45, 2.75) is 27.2 Å². The molecule has 1 aliphatic heterocycles. The highest BCUT2D eigenvalue weighted by atomic mass is 19.1. The lowest BCUT2D eigenvalue weighted by Crippen LogP contribution is -2.49. The van der Waals surface area contributed by atoms with Crippen LogP contribution >= 0.6 is 0 Å². The van der Waals surface area contributed by atoms with Crippen LogP contribution in [-0.4, -0.2) is 43.5 Å². The molecule has 2 aromatic rings. The van der Waals surface area contributed by atoms with Gasteiger partial charge in [0.05, 0.1) is 5.69 Å². The van der Waals surface area contributed by atoms with E-state index in [2.05, 4.69) is 38.2 Å². The maximum absolute atomic E-state index is 13.9. The van der Waals surface area contributed by atoms with Gasteiger partial charge in [-0.05, 0) is 44.0 Å². The minimum absolute atomic E-state index is 0.151. The van der Waals surface area contributed by atoms with Crippen molar-refractivity contribution in [2.75, 3.05) is 42.9 Å². The molecular formula is C22H28FN3O. The summed E-state index contributed by atoms with van der Waals surface area (Å²) in [5, 5.41) is 3.41. The van der Waals surface area contributed by atoms with E-state index >= 15 is 0 Å². The second-order valence-electron chi connectivity index (χ2n) is 7.27. The fraction of sp³-hybridized carbons (Fsp3) is 0.409. The third kappa shape index (κ3) is 4.59. The molecule has 3 rings (SSSR count). The molecule has 1 saturated heterocycles. The van der Waals surface area contributed by atoms with Crippen LogP contribution in [0.1, 0.15) is 23.1 Å². The summed E-state index contributed by atoms with van der Waals surface area (Å²) >= 11 is 0. The lowest BCUT2D eigenvalue weighted by Gasteiger charge is -2.36. The first kappa shape index (κ1) is 19.2. The molecule has 0 atom stereocenters. The Hall–Kier alpha value is -2.56. The number of nitrogens with zero attached hydrogens (tertiary/aromatic N) is 2. The Bertz CT molecular complexity index is 790. The van der Waals surface area contributed by atoms with Crippen LogP contribution in [0.25, 0.3) is 0 Å². The number of carbonyl (C=O) groups is 1. The maximum atomic E-state index is 13.9. The zero-order valence-electron chi connectivity index (χ0n) is 16.4. The first-order chi connectivity index (χ1) is 13.0. The average Bonchev–Trinajstić information content (AvgIpc) is 2.64. The van der Waals surface area contributed by atoms with Gasteiger partial charge in [0, 0.05) is 44.8 Å². The number of nitrogens with one attached hydrogen (secondary N) is 1. The summed E-state index contributed by atoms with van der Waals surface area (Å²) in [4.78, 5) is 16.4. The van der Waals surface area contributed by atoms with E-state index in [9.17, 15) is 9.18 Å². The van der Waals surface area contributed by atoms with Crippen LogP contribution in [0.5, 0.6) is 0 Å². The number of benzene rings is 2. The van der Waals surface area contributed by atoms with Crippen molar-refractivity contribution in [3.05, 3.63) is 58.9 Å². The van der Waals surface area contributed by atoms with Gasteiger partial charge in [0.2, 0.25) is 5.91 Å². The predicted octanol–water partition coefficient (Wildman–Crippen LogP) is 3.90. The maximum Gasteiger partial charge on any atom is 0.224 e. The van der Waals surface area contributed by atoms with Crippen LogP contribution in [0.3, 0.4) is 0 Å². The second-order valence-corrected chi connectivity index (χ2v) is 7.27. The van der Waals surface area contributed by atoms with Crippen molar-refractivity contribution in [3.63, 3.8) is 0 Å². The Morgan fingerprint density at radius 3 is 2.30 bits per heavy atom. The fourth-order valence-electron chi connectivity index (χ4n) is 3.82. The van der Waals surface area contributed by atoms with E-state index in [1.807, 2.05) is 15.9 Å². The van der Waals surface area contributed by atoms with Gasteiger partial charge in [0.1, 0.15) is 5.82 Å². The van der Waals surface area contributed by atoms with Crippen LogP contribution in [0, 0.1) is 26.6 Å². The topological polar surface area (TPSA) is 35.6 Å². The normalized spacial score (nSPS) is 14.4. The smallest absolute Gasteiger partial charge is 0.224 e. The second kappa shape index (κ2) is 8.42. The third-order valence-corrected chi connectivity index (χ3v) is 5.14. The summed E-state index contributed by atoms with van der Waals surface area (Å²) in [6.45, 7) is 9.49. The number of amides is 1. The number of anilines is 2. The van der Waals surface area contributed by atoms with Gasteiger partial charge in [-0.1, -0.05) is 29.8 Å². The lowest BCUT2D eigenvalue weighted by atomic mass is 10.1. The first-order valence-corrected chi connectivity index (χ1v) is 9.54. The summed E-state index contributed by atoms with van der Waals surface area (Å²) in [5.74, 6) is -0.0524. The highest BCUT2D eigenvalue weighted by Gasteiger charge is 2.22. The molecule has 0 spiro atoms. The monoisotopic (exact) mass is 369 g/mol. The van der Waals surface area contributed by atoms with E-state index < -0.39 is 0 Å². The summed E-state index contributed by atoms with van der Waals surface area (Å²) in [7, 11) is 0. The summed E-state index contributed by atoms with van der Waals surface area (Å²) < 4.78 is 13.9. The van der Waals surface area contributed by atoms with Crippen LogP contribution in [0.15, 0.2) is 36.4 Å². The molecule has 144 valence electrons. The lowest BCUT2D eigenvalue weighted by molar-refractivity contribution is -0.131. The van der Waals surface area contributed by atoms with E-state index in [-0.39, 0.29) is 11.7 Å². The van der Waals surface area contributed by atoms with Gasteiger partial charge in [-0.25, -0.2) is 4.39 Å². The zero-order valence-corrected chi connectivity index (χ0v) is 16.4. The Morgan fingerprint density at radius 1 is 1.04 bits per heavy atom. The minimum atomic E-state index is -0.203. The summed E-state index contributed by atoms with van der Waals surface area (Å²) in [6.07, 6.45) is 0.465. The van der Waals surface area contributed by atoms with E-state index in [4.69, 9.17) is 0 Å². The largest absolute Gasteiger partial charge is 0.384 e. The number of hydrogen-bond donors (Lipinski definition) is 1. The summed E-state index contributed by atoms with van der Waals surface area (Å²) in [6, 6.07) is 11.1. The number of para-hydroxylation sites is 1. The molecule has 0 radical (unpaired) electrons. The van der Waals surface area contributed by atoms with Gasteiger partial charge in [0.15, 0.2) is 0 Å². The van der Waals surface area contributed by atoms with Crippen molar-refractivity contribution in [3.8, 4) is 0 Å². The van der Waals surface area contributed by atoms with Crippen molar-refractivity contribution in [1.29, 1.82) is 0 Å². The molecule has 1 aliphatic rings. The molecule has 0 aromatic heterocycles. The molecule has 1 amide bonds. The van der Waals surface area contributed by atoms with Crippen molar-refractivity contribution < 1.29 is 9.18 Å². The van der Waals surface area contributed by atoms with Gasteiger partial charge < -0.3 is 15.1 Å². The van der Waals surface area contributed by atoms with Crippen LogP contribution in [0.2, 0.25) is 0 Å². The molecule has 0 aliphatic carbocycles. The minimum Gasteiger partial charge on any atom is -0.384 e. The van der Waals surface area contributed by atoms with E-state index in [0.29, 0.717) is 44.8 Å². The Labute approximate surface area is 161 Å². The van der Waals surface area contributed by atoms with Crippen molar-refractivity contribution in [2.24, 2.45) is 0 Å². The number of hydrogen-bond acceptors (Lipinski definition) is 3. The Kier molecular flexibility index (Phi) is 5.99. The van der Waals surface area contributed by atoms with Crippen LogP contribution in [-0.2, 0) is 4.79 Å². The van der Waals surface area contributed by atoms with Crippen LogP contribution < -0.4 is 10.2 Å². The van der Waals surface area contributed by atoms with Gasteiger partial charge in [-0.2, -0.15) is 0 Å². The zero-order chi connectivity index (χ0) is 19.4. The molecule has 0 saturated carbocycles. The standard InChI is InChI=1S/C22H28FN3O/c1-16-14-17(2)22(18(3)15-16)24-9-8-21(27)26-12-10-25(11-13-26)20-7-5-4-6-19(20)23/h4-7,14-15,24H,8-13H2,1-3H3. The van der Waals surface area contributed by atoms with Gasteiger partial charge in [0.25, 0.3) is 0 Å². The van der Waals surface area contributed by atoms with Crippen molar-refractivity contribution >= 4 is 17.3 Å². The SMILES string of the molecule is Cc1cc(C)c(NCCC(=O)N2CCN(c3ccccc3F)CC2)c(C)c1. The van der Waals surface area contributed by atoms with E-state index in [0.717, 1.165) is 5.69 Å². The molecule has 0 unspecified atom stereocenters. The molecule has 2 aromatic carbocycles. The number of halogens is 1. The third-order valence-electron chi connectivity index (χ3n) is 5.14. The van der Waals surface area contributed by atoms with Gasteiger partial charge in [-0.3, -0.25) is 4.79 Å². The molecule has 1 fully saturated rings. The molecule has 1 heterocycles. The number of carbonyl (C=O) groups excluding carboxylic acids is 1. The molecule has 27 heavy (non-hydrogen) atoms. The van der Waals surface area contributed by atoms with E-state index in [1.165, 1.54) is 22.8 Å². The van der Waals surface area contributed by atoms with Crippen LogP contribution in [0.4, 0.5) is 15.8 Å². The number of piperazine rings is 1. The number of aryl methyl sites for hydroxylation is 3. The molecule has 4 nitrogen and oxygen atoms in total. The Morgan fingerprint density at radius 2 is 1.67 bits per heavy atom. The molecule has 1 N–H and O–H groups in total. The summed E-state index contributed by atoms with van der Waals surface area (Å²) in [5.41, 5.74) is 5.41. The Balaban J connectivity index is 1.48. The van der Waals surface area contributed by atoms with Crippen molar-refractivity contribution in [1.82, 2.24) is 4.90 Å². The first-order valence-electron chi connectivity index (χ1n) is 9.54. The van der Waals surface area contributed by atoms with E-state index in [1.54, 1.807) is 12.1 Å². The quantitative estimate of drug-likeness (QED) is 0.868. The fourth-order valence-corrected chi connectivity index (χ4v) is 3.82.